The van der Waals surface area contributed by atoms with Crippen LogP contribution in [0.25, 0.3) is 44.1 Å². The second kappa shape index (κ2) is 23.8. The smallest absolute Gasteiger partial charge is 0.119 e. The van der Waals surface area contributed by atoms with E-state index in [1.165, 1.54) is 94.2 Å². The maximum atomic E-state index is 6.70. The second-order valence-corrected chi connectivity index (χ2v) is 20.1. The number of rotatable bonds is 21. The highest BCUT2D eigenvalue weighted by molar-refractivity contribution is 6.30. The third-order valence-electron chi connectivity index (χ3n) is 14.4. The van der Waals surface area contributed by atoms with E-state index < -0.39 is 0 Å². The van der Waals surface area contributed by atoms with Gasteiger partial charge in [-0.1, -0.05) is 135 Å². The number of benzene rings is 7. The Balaban J connectivity index is 1.23. The molecule has 0 atom stereocenters. The van der Waals surface area contributed by atoms with E-state index in [0.717, 1.165) is 55.5 Å². The molecule has 9 aromatic rings. The Morgan fingerprint density at radius 1 is 0.459 bits per heavy atom. The summed E-state index contributed by atoms with van der Waals surface area (Å²) < 4.78 is 17.2. The van der Waals surface area contributed by atoms with Crippen molar-refractivity contribution < 1.29 is 9.47 Å². The van der Waals surface area contributed by atoms with Gasteiger partial charge in [0.15, 0.2) is 0 Å². The predicted octanol–water partition coefficient (Wildman–Crippen LogP) is 16.1. The maximum Gasteiger partial charge on any atom is 0.119 e. The van der Waals surface area contributed by atoms with E-state index in [-0.39, 0.29) is 5.92 Å². The average Bonchev–Trinajstić information content (AvgIpc) is 3.98. The van der Waals surface area contributed by atoms with E-state index >= 15 is 0 Å². The third kappa shape index (κ3) is 11.3. The molecule has 9 rings (SSSR count). The Morgan fingerprint density at radius 2 is 0.838 bits per heavy atom. The highest BCUT2D eigenvalue weighted by Crippen LogP contribution is 2.45. The van der Waals surface area contributed by atoms with Crippen molar-refractivity contribution >= 4 is 55.7 Å². The number of hydrogen-bond acceptors (Lipinski definition) is 4. The summed E-state index contributed by atoms with van der Waals surface area (Å²) in [4.78, 5) is 4.28. The summed E-state index contributed by atoms with van der Waals surface area (Å²) in [6.45, 7) is 13.7. The molecular formula is C67H71ClN4O2. The fourth-order valence-electron chi connectivity index (χ4n) is 10.6. The van der Waals surface area contributed by atoms with Crippen LogP contribution in [0.2, 0.25) is 5.02 Å². The highest BCUT2D eigenvalue weighted by Gasteiger charge is 2.27. The van der Waals surface area contributed by atoms with Crippen molar-refractivity contribution in [2.24, 2.45) is 0 Å². The van der Waals surface area contributed by atoms with Crippen LogP contribution in [0.1, 0.15) is 96.5 Å². The summed E-state index contributed by atoms with van der Waals surface area (Å²) in [5.41, 5.74) is 18.4. The standard InChI is InChI=1S/C67H71ClN4O2/c1-9-57(65(47-19-15-13-16-20-47)49-25-33-55(34-26-49)73-41-39-69(5)6)52-29-37-63-59(43-52)61(45-71(63)11-3)67(51-23-31-54(68)32-24-51)62-46-72(12-4)64-38-30-53(44-60(62)64)58(10-2)66(48-21-17-14-18-22-48)50-27-35-56(36-28-50)74-42-40-70(7)8/h13-38,43-46,67H,9-12,39-42H2,1-8H3/b65-57-,66-58-. The molecule has 0 spiro atoms. The van der Waals surface area contributed by atoms with E-state index in [9.17, 15) is 0 Å². The third-order valence-corrected chi connectivity index (χ3v) is 14.6. The van der Waals surface area contributed by atoms with Crippen molar-refractivity contribution in [2.75, 3.05) is 54.5 Å². The van der Waals surface area contributed by atoms with Crippen LogP contribution in [-0.4, -0.2) is 73.4 Å². The molecule has 0 aliphatic heterocycles. The molecule has 2 aromatic heterocycles. The van der Waals surface area contributed by atoms with E-state index in [2.05, 4.69) is 245 Å². The van der Waals surface area contributed by atoms with Crippen LogP contribution in [0, 0.1) is 0 Å². The predicted molar refractivity (Wildman–Crippen MR) is 314 cm³/mol. The van der Waals surface area contributed by atoms with Crippen LogP contribution in [0.4, 0.5) is 0 Å². The van der Waals surface area contributed by atoms with Crippen LogP contribution in [-0.2, 0) is 13.1 Å². The van der Waals surface area contributed by atoms with Crippen molar-refractivity contribution in [3.05, 3.63) is 237 Å². The molecule has 0 aliphatic rings. The summed E-state index contributed by atoms with van der Waals surface area (Å²) in [6.07, 6.45) is 6.52. The molecule has 0 radical (unpaired) electrons. The first-order chi connectivity index (χ1) is 36.1. The van der Waals surface area contributed by atoms with Gasteiger partial charge in [0.05, 0.1) is 0 Å². The van der Waals surface area contributed by atoms with Crippen LogP contribution >= 0.6 is 11.6 Å². The van der Waals surface area contributed by atoms with Gasteiger partial charge in [0.25, 0.3) is 0 Å². The Kier molecular flexibility index (Phi) is 16.7. The zero-order valence-corrected chi connectivity index (χ0v) is 45.3. The molecule has 0 fully saturated rings. The van der Waals surface area contributed by atoms with Crippen molar-refractivity contribution in [3.63, 3.8) is 0 Å². The molecular weight excluding hydrogens is 928 g/mol. The molecule has 378 valence electrons. The first-order valence-corrected chi connectivity index (χ1v) is 26.8. The van der Waals surface area contributed by atoms with Crippen molar-refractivity contribution in [3.8, 4) is 11.5 Å². The summed E-state index contributed by atoms with van der Waals surface area (Å²) in [5.74, 6) is 1.65. The Labute approximate surface area is 444 Å². The lowest BCUT2D eigenvalue weighted by atomic mass is 9.83. The number of nitrogens with zero attached hydrogens (tertiary/aromatic N) is 4. The molecule has 6 nitrogen and oxygen atoms in total. The quantitative estimate of drug-likeness (QED) is 0.0672. The minimum absolute atomic E-state index is 0.103. The van der Waals surface area contributed by atoms with Crippen LogP contribution in [0.15, 0.2) is 182 Å². The van der Waals surface area contributed by atoms with Crippen molar-refractivity contribution in [1.82, 2.24) is 18.9 Å². The van der Waals surface area contributed by atoms with Gasteiger partial charge < -0.3 is 28.4 Å². The number of halogens is 1. The van der Waals surface area contributed by atoms with Gasteiger partial charge in [-0.25, -0.2) is 0 Å². The number of likely N-dealkylation sites (N-methyl/N-ethyl adjacent to an activating group) is 2. The monoisotopic (exact) mass is 999 g/mol. The first kappa shape index (κ1) is 51.8. The van der Waals surface area contributed by atoms with Gasteiger partial charge in [-0.3, -0.25) is 0 Å². The molecule has 2 heterocycles. The zero-order valence-electron chi connectivity index (χ0n) is 44.5. The van der Waals surface area contributed by atoms with Gasteiger partial charge in [-0.15, -0.1) is 0 Å². The van der Waals surface area contributed by atoms with Crippen LogP contribution in [0.5, 0.6) is 11.5 Å². The lowest BCUT2D eigenvalue weighted by Crippen LogP contribution is -2.19. The van der Waals surface area contributed by atoms with Crippen molar-refractivity contribution in [1.29, 1.82) is 0 Å². The number of allylic oxidation sites excluding steroid dienone is 2. The molecule has 0 unspecified atom stereocenters. The lowest BCUT2D eigenvalue weighted by Gasteiger charge is -2.20. The molecule has 7 aromatic carbocycles. The van der Waals surface area contributed by atoms with Crippen LogP contribution < -0.4 is 9.47 Å². The molecule has 0 saturated carbocycles. The summed E-state index contributed by atoms with van der Waals surface area (Å²) >= 11 is 6.70. The van der Waals surface area contributed by atoms with Gasteiger partial charge in [0.2, 0.25) is 0 Å². The van der Waals surface area contributed by atoms with E-state index in [1.54, 1.807) is 0 Å². The minimum atomic E-state index is -0.103. The molecule has 7 heteroatoms. The topological polar surface area (TPSA) is 34.8 Å². The van der Waals surface area contributed by atoms with Gasteiger partial charge >= 0.3 is 0 Å². The number of ether oxygens (including phenoxy) is 2. The molecule has 0 bridgehead atoms. The van der Waals surface area contributed by atoms with Crippen molar-refractivity contribution in [2.45, 2.75) is 59.5 Å². The summed E-state index contributed by atoms with van der Waals surface area (Å²) in [7, 11) is 8.28. The Hall–Kier alpha value is -7.09. The van der Waals surface area contributed by atoms with E-state index in [4.69, 9.17) is 21.1 Å². The number of aromatic nitrogens is 2. The summed E-state index contributed by atoms with van der Waals surface area (Å²) in [5, 5.41) is 3.22. The fourth-order valence-corrected chi connectivity index (χ4v) is 10.7. The average molecular weight is 1000 g/mol. The summed E-state index contributed by atoms with van der Waals surface area (Å²) in [6, 6.07) is 61.8. The highest BCUT2D eigenvalue weighted by atomic mass is 35.5. The molecule has 74 heavy (non-hydrogen) atoms. The largest absolute Gasteiger partial charge is 0.492 e. The van der Waals surface area contributed by atoms with Crippen LogP contribution in [0.3, 0.4) is 0 Å². The van der Waals surface area contributed by atoms with E-state index in [0.29, 0.717) is 13.2 Å². The number of hydrogen-bond donors (Lipinski definition) is 0. The lowest BCUT2D eigenvalue weighted by molar-refractivity contribution is 0.261. The van der Waals surface area contributed by atoms with Gasteiger partial charge in [0, 0.05) is 71.3 Å². The molecule has 0 saturated heterocycles. The zero-order chi connectivity index (χ0) is 51.7. The normalized spacial score (nSPS) is 12.9. The Bertz CT molecular complexity index is 3160. The van der Waals surface area contributed by atoms with Gasteiger partial charge in [0.1, 0.15) is 24.7 Å². The molecule has 0 N–H and O–H groups in total. The van der Waals surface area contributed by atoms with Gasteiger partial charge in [-0.05, 0) is 188 Å². The SMILES string of the molecule is CC/C(=C(\c1ccccc1)c1ccc(OCCN(C)C)cc1)c1ccc2c(c1)c(C(c1ccc(Cl)cc1)c1cn(CC)c3ccc(/C(CC)=C(/c4ccccc4)c4ccc(OCCN(C)C)cc4)cc13)cn2CC. The number of fused-ring (bicyclic) bond motifs is 2. The first-order valence-electron chi connectivity index (χ1n) is 26.4. The molecule has 0 amide bonds. The fraction of sp³-hybridized carbons (Fsp3) is 0.254. The second-order valence-electron chi connectivity index (χ2n) is 19.7. The number of aryl methyl sites for hydroxylation is 2. The van der Waals surface area contributed by atoms with Gasteiger partial charge in [-0.2, -0.15) is 0 Å². The maximum absolute atomic E-state index is 6.70. The molecule has 0 aliphatic carbocycles. The van der Waals surface area contributed by atoms with E-state index in [1.807, 2.05) is 12.1 Å². The minimum Gasteiger partial charge on any atom is -0.492 e. The Morgan fingerprint density at radius 3 is 1.20 bits per heavy atom.